The van der Waals surface area contributed by atoms with Crippen LogP contribution in [0.3, 0.4) is 0 Å². The van der Waals surface area contributed by atoms with E-state index in [9.17, 15) is 0 Å². The zero-order valence-corrected chi connectivity index (χ0v) is 18.0. The molecule has 3 rings (SSSR count). The Morgan fingerprint density at radius 1 is 1.29 bits per heavy atom. The highest BCUT2D eigenvalue weighted by atomic mass is 32.1. The van der Waals surface area contributed by atoms with Gasteiger partial charge in [0, 0.05) is 58.6 Å². The summed E-state index contributed by atoms with van der Waals surface area (Å²) >= 11 is 1.83. The first-order chi connectivity index (χ1) is 13.8. The zero-order valence-electron chi connectivity index (χ0n) is 17.2. The Morgan fingerprint density at radius 2 is 2.11 bits per heavy atom. The molecule has 2 fully saturated rings. The maximum atomic E-state index is 5.84. The molecule has 0 unspecified atom stereocenters. The highest BCUT2D eigenvalue weighted by molar-refractivity contribution is 7.14. The number of nitrogens with zero attached hydrogens (tertiary/aromatic N) is 2. The third-order valence-corrected chi connectivity index (χ3v) is 6.34. The Balaban J connectivity index is 1.31. The maximum Gasteiger partial charge on any atom is 0.191 e. The van der Waals surface area contributed by atoms with E-state index in [1.807, 2.05) is 11.3 Å². The van der Waals surface area contributed by atoms with Gasteiger partial charge in [0.25, 0.3) is 0 Å². The Kier molecular flexibility index (Phi) is 9.40. The van der Waals surface area contributed by atoms with Gasteiger partial charge in [-0.15, -0.1) is 11.3 Å². The highest BCUT2D eigenvalue weighted by Crippen LogP contribution is 2.24. The maximum absolute atomic E-state index is 5.84. The molecule has 0 saturated carbocycles. The molecule has 6 nitrogen and oxygen atoms in total. The molecule has 0 spiro atoms. The van der Waals surface area contributed by atoms with Crippen molar-refractivity contribution in [3.63, 3.8) is 0 Å². The summed E-state index contributed by atoms with van der Waals surface area (Å²) in [5, 5.41) is 10.6. The monoisotopic (exact) mass is 408 g/mol. The summed E-state index contributed by atoms with van der Waals surface area (Å²) in [6, 6.07) is 4.85. The fourth-order valence-electron chi connectivity index (χ4n) is 3.73. The predicted molar refractivity (Wildman–Crippen MR) is 118 cm³/mol. The lowest BCUT2D eigenvalue weighted by molar-refractivity contribution is 0.0205. The second kappa shape index (κ2) is 12.3. The van der Waals surface area contributed by atoms with E-state index in [0.717, 1.165) is 90.7 Å². The molecule has 0 aromatic carbocycles. The lowest BCUT2D eigenvalue weighted by atomic mass is 10.0. The molecule has 2 saturated heterocycles. The molecule has 0 amide bonds. The van der Waals surface area contributed by atoms with Crippen LogP contribution in [0.5, 0.6) is 0 Å². The summed E-state index contributed by atoms with van der Waals surface area (Å²) in [6.45, 7) is 9.47. The molecule has 0 radical (unpaired) electrons. The van der Waals surface area contributed by atoms with Gasteiger partial charge in [0.1, 0.15) is 0 Å². The molecule has 1 aromatic rings. The minimum absolute atomic E-state index is 0.499. The largest absolute Gasteiger partial charge is 0.381 e. The summed E-state index contributed by atoms with van der Waals surface area (Å²) in [5.41, 5.74) is 0. The Morgan fingerprint density at radius 3 is 2.82 bits per heavy atom. The van der Waals surface area contributed by atoms with E-state index in [4.69, 9.17) is 14.5 Å². The number of aliphatic imine (C=N–C) groups is 1. The van der Waals surface area contributed by atoms with Crippen LogP contribution in [0.2, 0.25) is 0 Å². The topological polar surface area (TPSA) is 58.1 Å². The summed E-state index contributed by atoms with van der Waals surface area (Å²) in [4.78, 5) is 7.23. The lowest BCUT2D eigenvalue weighted by Gasteiger charge is -2.33. The van der Waals surface area contributed by atoms with Gasteiger partial charge in [-0.1, -0.05) is 0 Å². The zero-order chi connectivity index (χ0) is 19.4. The second-order valence-corrected chi connectivity index (χ2v) is 8.53. The first kappa shape index (κ1) is 21.4. The molecule has 0 atom stereocenters. The normalized spacial score (nSPS) is 19.8. The minimum Gasteiger partial charge on any atom is -0.381 e. The van der Waals surface area contributed by atoms with Crippen LogP contribution in [0.1, 0.15) is 39.0 Å². The number of thiophene rings is 1. The molecule has 3 heterocycles. The smallest absolute Gasteiger partial charge is 0.191 e. The number of hydrogen-bond donors (Lipinski definition) is 2. The third kappa shape index (κ3) is 7.26. The highest BCUT2D eigenvalue weighted by Gasteiger charge is 2.20. The van der Waals surface area contributed by atoms with Crippen molar-refractivity contribution in [2.24, 2.45) is 10.9 Å². The molecule has 0 bridgehead atoms. The van der Waals surface area contributed by atoms with Crippen LogP contribution >= 0.6 is 11.3 Å². The molecule has 28 heavy (non-hydrogen) atoms. The Labute approximate surface area is 173 Å². The lowest BCUT2D eigenvalue weighted by Crippen LogP contribution is -2.48. The predicted octanol–water partition coefficient (Wildman–Crippen LogP) is 3.11. The number of rotatable bonds is 9. The second-order valence-electron chi connectivity index (χ2n) is 7.60. The van der Waals surface area contributed by atoms with E-state index in [1.54, 1.807) is 0 Å². The van der Waals surface area contributed by atoms with Crippen molar-refractivity contribution in [2.45, 2.75) is 45.1 Å². The van der Waals surface area contributed by atoms with Crippen molar-refractivity contribution in [1.29, 1.82) is 0 Å². The van der Waals surface area contributed by atoms with E-state index in [2.05, 4.69) is 40.0 Å². The van der Waals surface area contributed by atoms with Crippen molar-refractivity contribution < 1.29 is 9.47 Å². The number of ether oxygens (including phenoxy) is 2. The van der Waals surface area contributed by atoms with E-state index < -0.39 is 0 Å². The van der Waals surface area contributed by atoms with Crippen LogP contribution in [0.25, 0.3) is 0 Å². The van der Waals surface area contributed by atoms with Gasteiger partial charge >= 0.3 is 0 Å². The number of anilines is 1. The SMILES string of the molecule is CCNC(=NCCCOCC1CCOCC1)NC1CCN(c2cccs2)CC1. The molecule has 2 aliphatic heterocycles. The molecule has 158 valence electrons. The van der Waals surface area contributed by atoms with Crippen molar-refractivity contribution in [3.8, 4) is 0 Å². The summed E-state index contributed by atoms with van der Waals surface area (Å²) in [5.74, 6) is 1.62. The standard InChI is InChI=1S/C21H36N4O2S/c1-2-22-21(23-10-4-13-27-17-18-8-14-26-15-9-18)24-19-6-11-25(12-7-19)20-5-3-16-28-20/h3,5,16,18-19H,2,4,6-15,17H2,1H3,(H2,22,23,24). The quantitative estimate of drug-likeness (QED) is 0.374. The summed E-state index contributed by atoms with van der Waals surface area (Å²) < 4.78 is 11.2. The molecular weight excluding hydrogens is 372 g/mol. The van der Waals surface area contributed by atoms with E-state index in [1.165, 1.54) is 5.00 Å². The molecule has 7 heteroatoms. The van der Waals surface area contributed by atoms with Crippen LogP contribution in [0.4, 0.5) is 5.00 Å². The summed E-state index contributed by atoms with van der Waals surface area (Å²) in [6.07, 6.45) is 5.54. The van der Waals surface area contributed by atoms with Gasteiger partial charge in [0.15, 0.2) is 5.96 Å². The van der Waals surface area contributed by atoms with Crippen molar-refractivity contribution in [2.75, 3.05) is 57.5 Å². The average Bonchev–Trinajstić information content (AvgIpc) is 3.27. The van der Waals surface area contributed by atoms with Crippen molar-refractivity contribution >= 4 is 22.3 Å². The number of piperidine rings is 1. The van der Waals surface area contributed by atoms with Crippen LogP contribution in [0.15, 0.2) is 22.5 Å². The fourth-order valence-corrected chi connectivity index (χ4v) is 4.51. The number of hydrogen-bond acceptors (Lipinski definition) is 5. The fraction of sp³-hybridized carbons (Fsp3) is 0.762. The van der Waals surface area contributed by atoms with Gasteiger partial charge in [-0.2, -0.15) is 0 Å². The van der Waals surface area contributed by atoms with Crippen LogP contribution in [-0.2, 0) is 9.47 Å². The van der Waals surface area contributed by atoms with Gasteiger partial charge in [0.2, 0.25) is 0 Å². The first-order valence-corrected chi connectivity index (χ1v) is 11.7. The molecular formula is C21H36N4O2S. The van der Waals surface area contributed by atoms with E-state index >= 15 is 0 Å². The van der Waals surface area contributed by atoms with E-state index in [-0.39, 0.29) is 0 Å². The van der Waals surface area contributed by atoms with Crippen molar-refractivity contribution in [3.05, 3.63) is 17.5 Å². The van der Waals surface area contributed by atoms with Gasteiger partial charge in [-0.05, 0) is 62.5 Å². The molecule has 2 N–H and O–H groups in total. The van der Waals surface area contributed by atoms with Gasteiger partial charge in [0.05, 0.1) is 5.00 Å². The summed E-state index contributed by atoms with van der Waals surface area (Å²) in [7, 11) is 0. The minimum atomic E-state index is 0.499. The van der Waals surface area contributed by atoms with Crippen LogP contribution in [-0.4, -0.2) is 64.6 Å². The third-order valence-electron chi connectivity index (χ3n) is 5.41. The van der Waals surface area contributed by atoms with Crippen LogP contribution in [0, 0.1) is 5.92 Å². The average molecular weight is 409 g/mol. The van der Waals surface area contributed by atoms with Gasteiger partial charge in [-0.3, -0.25) is 4.99 Å². The van der Waals surface area contributed by atoms with Crippen molar-refractivity contribution in [1.82, 2.24) is 10.6 Å². The van der Waals surface area contributed by atoms with E-state index in [0.29, 0.717) is 12.0 Å². The van der Waals surface area contributed by atoms with Gasteiger partial charge < -0.3 is 25.0 Å². The number of nitrogens with one attached hydrogen (secondary N) is 2. The Hall–Kier alpha value is -1.31. The molecule has 1 aromatic heterocycles. The van der Waals surface area contributed by atoms with Crippen LogP contribution < -0.4 is 15.5 Å². The number of guanidine groups is 1. The van der Waals surface area contributed by atoms with Gasteiger partial charge in [-0.25, -0.2) is 0 Å². The Bertz CT molecular complexity index is 553. The molecule has 0 aliphatic carbocycles. The molecule has 2 aliphatic rings. The first-order valence-electron chi connectivity index (χ1n) is 10.8.